The summed E-state index contributed by atoms with van der Waals surface area (Å²) in [6, 6.07) is 6.05. The van der Waals surface area contributed by atoms with E-state index in [2.05, 4.69) is 26.5 Å². The third-order valence-electron chi connectivity index (χ3n) is 3.83. The van der Waals surface area contributed by atoms with Gasteiger partial charge in [0.05, 0.1) is 7.11 Å². The molecule has 1 N–H and O–H groups in total. The van der Waals surface area contributed by atoms with Gasteiger partial charge in [0.2, 0.25) is 0 Å². The van der Waals surface area contributed by atoms with E-state index in [0.717, 1.165) is 23.3 Å². The topological polar surface area (TPSA) is 29.5 Å². The molecule has 1 aromatic rings. The zero-order valence-corrected chi connectivity index (χ0v) is 13.1. The maximum absolute atomic E-state index is 10.4. The molecule has 1 aromatic carbocycles. The first-order valence-electron chi connectivity index (χ1n) is 6.23. The fraction of sp³-hybridized carbons (Fsp3) is 0.467. The van der Waals surface area contributed by atoms with Crippen LogP contribution in [0, 0.1) is 0 Å². The highest BCUT2D eigenvalue weighted by Gasteiger charge is 2.38. The molecule has 0 amide bonds. The molecule has 1 rings (SSSR count). The van der Waals surface area contributed by atoms with Crippen molar-refractivity contribution >= 4 is 14.4 Å². The lowest BCUT2D eigenvalue weighted by atomic mass is 9.99. The van der Waals surface area contributed by atoms with Crippen LogP contribution >= 0.6 is 0 Å². The Hall–Kier alpha value is -1.06. The second-order valence-corrected chi connectivity index (χ2v) is 10.4. The van der Waals surface area contributed by atoms with Gasteiger partial charge in [-0.3, -0.25) is 0 Å². The lowest BCUT2D eigenvalue weighted by Crippen LogP contribution is -2.40. The number of ether oxygens (including phenoxy) is 1. The first-order valence-corrected chi connectivity index (χ1v) is 9.18. The Bertz CT molecular complexity index is 431. The van der Waals surface area contributed by atoms with Crippen LogP contribution in [0.15, 0.2) is 24.8 Å². The quantitative estimate of drug-likeness (QED) is 0.818. The van der Waals surface area contributed by atoms with E-state index in [4.69, 9.17) is 4.74 Å². The number of benzene rings is 1. The standard InChI is InChI=1S/C15H24O2Si/c1-7-12-8-9-14(17-4)13(10-12)11-15(2,3)18(5,6)16/h7-10,16H,1,11H2,2-6H3. The second-order valence-electron chi connectivity index (χ2n) is 5.90. The Kier molecular flexibility index (Phi) is 4.40. The Morgan fingerprint density at radius 3 is 2.44 bits per heavy atom. The molecule has 0 bridgehead atoms. The number of methoxy groups -OCH3 is 1. The van der Waals surface area contributed by atoms with Gasteiger partial charge in [0.1, 0.15) is 5.75 Å². The van der Waals surface area contributed by atoms with Crippen molar-refractivity contribution in [3.63, 3.8) is 0 Å². The highest BCUT2D eigenvalue weighted by Crippen LogP contribution is 2.40. The van der Waals surface area contributed by atoms with Gasteiger partial charge in [0.25, 0.3) is 0 Å². The van der Waals surface area contributed by atoms with E-state index in [1.165, 1.54) is 0 Å². The van der Waals surface area contributed by atoms with Crippen molar-refractivity contribution in [2.45, 2.75) is 38.4 Å². The van der Waals surface area contributed by atoms with Crippen LogP contribution < -0.4 is 4.74 Å². The van der Waals surface area contributed by atoms with Crippen molar-refractivity contribution in [2.24, 2.45) is 0 Å². The van der Waals surface area contributed by atoms with E-state index in [-0.39, 0.29) is 5.04 Å². The van der Waals surface area contributed by atoms with Crippen LogP contribution in [0.2, 0.25) is 18.1 Å². The SMILES string of the molecule is C=Cc1ccc(OC)c(CC(C)(C)[Si](C)(C)O)c1. The van der Waals surface area contributed by atoms with Gasteiger partial charge in [-0.05, 0) is 47.8 Å². The molecule has 0 aliphatic rings. The van der Waals surface area contributed by atoms with Crippen LogP contribution in [0.1, 0.15) is 25.0 Å². The molecule has 100 valence electrons. The summed E-state index contributed by atoms with van der Waals surface area (Å²) in [5, 5.41) is -0.0971. The molecule has 18 heavy (non-hydrogen) atoms. The molecule has 3 heteroatoms. The first-order chi connectivity index (χ1) is 8.21. The zero-order chi connectivity index (χ0) is 14.0. The van der Waals surface area contributed by atoms with Crippen molar-refractivity contribution in [3.05, 3.63) is 35.9 Å². The van der Waals surface area contributed by atoms with Gasteiger partial charge in [0, 0.05) is 0 Å². The lowest BCUT2D eigenvalue weighted by Gasteiger charge is -2.35. The van der Waals surface area contributed by atoms with Gasteiger partial charge >= 0.3 is 0 Å². The van der Waals surface area contributed by atoms with Gasteiger partial charge in [-0.25, -0.2) is 0 Å². The van der Waals surface area contributed by atoms with Crippen molar-refractivity contribution in [3.8, 4) is 5.75 Å². The molecule has 0 atom stereocenters. The van der Waals surface area contributed by atoms with E-state index < -0.39 is 8.32 Å². The summed E-state index contributed by atoms with van der Waals surface area (Å²) in [4.78, 5) is 10.4. The zero-order valence-electron chi connectivity index (χ0n) is 12.1. The molecule has 0 aromatic heterocycles. The van der Waals surface area contributed by atoms with E-state index in [1.54, 1.807) is 7.11 Å². The molecule has 0 fully saturated rings. The lowest BCUT2D eigenvalue weighted by molar-refractivity contribution is 0.403. The molecule has 0 unspecified atom stereocenters. The summed E-state index contributed by atoms with van der Waals surface area (Å²) in [5.41, 5.74) is 2.22. The summed E-state index contributed by atoms with van der Waals surface area (Å²) in [6.07, 6.45) is 2.64. The molecule has 0 aliphatic carbocycles. The second kappa shape index (κ2) is 5.29. The maximum atomic E-state index is 10.4. The highest BCUT2D eigenvalue weighted by atomic mass is 28.4. The summed E-state index contributed by atoms with van der Waals surface area (Å²) in [7, 11) is -0.531. The van der Waals surface area contributed by atoms with Crippen LogP contribution in [0.3, 0.4) is 0 Å². The fourth-order valence-electron chi connectivity index (χ4n) is 1.76. The van der Waals surface area contributed by atoms with Gasteiger partial charge in [0.15, 0.2) is 8.32 Å². The molecule has 0 radical (unpaired) electrons. The Balaban J connectivity index is 3.13. The first kappa shape index (κ1) is 15.0. The van der Waals surface area contributed by atoms with E-state index in [0.29, 0.717) is 0 Å². The molecule has 2 nitrogen and oxygen atoms in total. The van der Waals surface area contributed by atoms with Crippen molar-refractivity contribution in [1.29, 1.82) is 0 Å². The van der Waals surface area contributed by atoms with Gasteiger partial charge in [-0.15, -0.1) is 0 Å². The van der Waals surface area contributed by atoms with Crippen LogP contribution in [-0.4, -0.2) is 20.2 Å². The molecule has 0 spiro atoms. The van der Waals surface area contributed by atoms with Gasteiger partial charge in [-0.2, -0.15) is 0 Å². The molecule has 0 heterocycles. The van der Waals surface area contributed by atoms with Crippen molar-refractivity contribution < 1.29 is 9.53 Å². The summed E-state index contributed by atoms with van der Waals surface area (Å²) < 4.78 is 5.40. The maximum Gasteiger partial charge on any atom is 0.188 e. The van der Waals surface area contributed by atoms with E-state index in [9.17, 15) is 4.80 Å². The van der Waals surface area contributed by atoms with Gasteiger partial charge < -0.3 is 9.53 Å². The van der Waals surface area contributed by atoms with Crippen LogP contribution in [0.25, 0.3) is 6.08 Å². The Labute approximate surface area is 111 Å². The minimum Gasteiger partial charge on any atom is -0.496 e. The van der Waals surface area contributed by atoms with Crippen LogP contribution in [0.4, 0.5) is 0 Å². The Morgan fingerprint density at radius 2 is 2.00 bits per heavy atom. The average Bonchev–Trinajstić information content (AvgIpc) is 2.26. The van der Waals surface area contributed by atoms with Crippen molar-refractivity contribution in [1.82, 2.24) is 0 Å². The summed E-state index contributed by atoms with van der Waals surface area (Å²) in [6.45, 7) is 12.0. The molecular weight excluding hydrogens is 240 g/mol. The fourth-order valence-corrected chi connectivity index (χ4v) is 2.38. The third-order valence-corrected chi connectivity index (χ3v) is 7.32. The van der Waals surface area contributed by atoms with E-state index in [1.807, 2.05) is 31.3 Å². The molecule has 0 saturated heterocycles. The molecular formula is C15H24O2Si. The van der Waals surface area contributed by atoms with Crippen LogP contribution in [-0.2, 0) is 6.42 Å². The summed E-state index contributed by atoms with van der Waals surface area (Å²) in [5.74, 6) is 0.881. The number of hydrogen-bond acceptors (Lipinski definition) is 2. The Morgan fingerprint density at radius 1 is 1.39 bits per heavy atom. The molecule has 0 aliphatic heterocycles. The predicted octanol–water partition coefficient (Wildman–Crippen LogP) is 3.86. The average molecular weight is 264 g/mol. The molecule has 0 saturated carbocycles. The number of hydrogen-bond donors (Lipinski definition) is 1. The van der Waals surface area contributed by atoms with Gasteiger partial charge in [-0.1, -0.05) is 32.6 Å². The van der Waals surface area contributed by atoms with Crippen LogP contribution in [0.5, 0.6) is 5.75 Å². The largest absolute Gasteiger partial charge is 0.496 e. The minimum atomic E-state index is -2.21. The minimum absolute atomic E-state index is 0.0971. The predicted molar refractivity (Wildman–Crippen MR) is 80.5 cm³/mol. The van der Waals surface area contributed by atoms with Crippen molar-refractivity contribution in [2.75, 3.05) is 7.11 Å². The third kappa shape index (κ3) is 3.24. The summed E-state index contributed by atoms with van der Waals surface area (Å²) >= 11 is 0. The highest BCUT2D eigenvalue weighted by molar-refractivity contribution is 6.72. The number of rotatable bonds is 5. The van der Waals surface area contributed by atoms with E-state index >= 15 is 0 Å². The monoisotopic (exact) mass is 264 g/mol. The smallest absolute Gasteiger partial charge is 0.188 e. The normalized spacial score (nSPS) is 12.3.